The molecule has 0 aromatic rings. The Morgan fingerprint density at radius 1 is 0.690 bits per heavy atom. The molecule has 0 aromatic carbocycles. The lowest BCUT2D eigenvalue weighted by molar-refractivity contribution is -0.359. The molecule has 0 saturated carbocycles. The lowest BCUT2D eigenvalue weighted by Gasteiger charge is -2.45. The highest BCUT2D eigenvalue weighted by molar-refractivity contribution is 4.94. The van der Waals surface area contributed by atoms with Crippen molar-refractivity contribution in [2.24, 2.45) is 5.73 Å². The number of unbranched alkanes of at least 4 members (excludes halogenated alkanes) is 2. The normalized spacial score (nSPS) is 43.4. The van der Waals surface area contributed by atoms with Crippen molar-refractivity contribution in [2.45, 2.75) is 80.7 Å². The van der Waals surface area contributed by atoms with Gasteiger partial charge in [-0.05, 0) is 25.8 Å². The Morgan fingerprint density at radius 2 is 1.31 bits per heavy atom. The van der Waals surface area contributed by atoms with E-state index in [0.717, 1.165) is 12.8 Å². The minimum absolute atomic E-state index is 0.255. The fraction of sp³-hybridized carbons (Fsp3) is 1.00. The SMILES string of the molecule is NCCCCCO[C@@H]1OC(CO)[C@@H](OC2OC(CO)[C@H](O)[C@H](O)[C@@H]2O)[C@H](O)C1O. The molecule has 0 aliphatic carbocycles. The molecule has 2 rings (SSSR count). The van der Waals surface area contributed by atoms with Crippen LogP contribution in [0.3, 0.4) is 0 Å². The second-order valence-corrected chi connectivity index (χ2v) is 7.22. The first kappa shape index (κ1) is 24.8. The quantitative estimate of drug-likeness (QED) is 0.156. The van der Waals surface area contributed by atoms with Gasteiger partial charge in [0.25, 0.3) is 0 Å². The fourth-order valence-electron chi connectivity index (χ4n) is 3.32. The molecule has 2 fully saturated rings. The van der Waals surface area contributed by atoms with E-state index >= 15 is 0 Å². The van der Waals surface area contributed by atoms with E-state index in [4.69, 9.17) is 24.7 Å². The Balaban J connectivity index is 1.98. The Morgan fingerprint density at radius 3 is 1.93 bits per heavy atom. The summed E-state index contributed by atoms with van der Waals surface area (Å²) in [6.45, 7) is -0.435. The maximum absolute atomic E-state index is 10.4. The third-order valence-corrected chi connectivity index (χ3v) is 5.09. The van der Waals surface area contributed by atoms with Crippen LogP contribution in [0.15, 0.2) is 0 Å². The summed E-state index contributed by atoms with van der Waals surface area (Å²) in [4.78, 5) is 0. The molecule has 12 heteroatoms. The van der Waals surface area contributed by atoms with Gasteiger partial charge in [-0.2, -0.15) is 0 Å². The van der Waals surface area contributed by atoms with Gasteiger partial charge >= 0.3 is 0 Å². The number of hydrogen-bond acceptors (Lipinski definition) is 12. The van der Waals surface area contributed by atoms with Crippen molar-refractivity contribution in [3.05, 3.63) is 0 Å². The molecule has 10 atom stereocenters. The average molecular weight is 427 g/mol. The van der Waals surface area contributed by atoms with Crippen LogP contribution in [0.4, 0.5) is 0 Å². The molecule has 0 aromatic heterocycles. The highest BCUT2D eigenvalue weighted by atomic mass is 16.7. The van der Waals surface area contributed by atoms with E-state index in [1.165, 1.54) is 0 Å². The molecule has 2 aliphatic heterocycles. The molecular formula is C17H33NO11. The zero-order valence-corrected chi connectivity index (χ0v) is 16.1. The van der Waals surface area contributed by atoms with Crippen molar-refractivity contribution in [3.8, 4) is 0 Å². The number of aliphatic hydroxyl groups excluding tert-OH is 7. The molecule has 2 heterocycles. The van der Waals surface area contributed by atoms with Crippen LogP contribution in [0.2, 0.25) is 0 Å². The first-order valence-corrected chi connectivity index (χ1v) is 9.75. The Bertz CT molecular complexity index is 469. The number of nitrogens with two attached hydrogens (primary N) is 1. The molecule has 0 bridgehead atoms. The fourth-order valence-corrected chi connectivity index (χ4v) is 3.32. The summed E-state index contributed by atoms with van der Waals surface area (Å²) in [5, 5.41) is 69.3. The molecule has 2 saturated heterocycles. The molecule has 4 unspecified atom stereocenters. The summed E-state index contributed by atoms with van der Waals surface area (Å²) < 4.78 is 21.6. The Kier molecular flexibility index (Phi) is 10.1. The van der Waals surface area contributed by atoms with Gasteiger partial charge in [0.1, 0.15) is 48.8 Å². The Labute approximate surface area is 168 Å². The number of rotatable bonds is 10. The summed E-state index contributed by atoms with van der Waals surface area (Å²) in [5.74, 6) is 0. The molecule has 12 nitrogen and oxygen atoms in total. The lowest BCUT2D eigenvalue weighted by atomic mass is 9.97. The van der Waals surface area contributed by atoms with Gasteiger partial charge in [-0.1, -0.05) is 0 Å². The van der Waals surface area contributed by atoms with Gasteiger partial charge in [-0.25, -0.2) is 0 Å². The highest BCUT2D eigenvalue weighted by Crippen LogP contribution is 2.29. The van der Waals surface area contributed by atoms with Crippen molar-refractivity contribution in [1.29, 1.82) is 0 Å². The highest BCUT2D eigenvalue weighted by Gasteiger charge is 2.50. The molecule has 9 N–H and O–H groups in total. The van der Waals surface area contributed by atoms with Crippen molar-refractivity contribution in [2.75, 3.05) is 26.4 Å². The predicted octanol–water partition coefficient (Wildman–Crippen LogP) is -4.24. The van der Waals surface area contributed by atoms with Gasteiger partial charge in [-0.15, -0.1) is 0 Å². The molecule has 2 aliphatic rings. The minimum atomic E-state index is -1.70. The van der Waals surface area contributed by atoms with Crippen molar-refractivity contribution < 1.29 is 54.7 Å². The smallest absolute Gasteiger partial charge is 0.187 e. The average Bonchev–Trinajstić information content (AvgIpc) is 2.72. The van der Waals surface area contributed by atoms with E-state index in [-0.39, 0.29) is 6.61 Å². The van der Waals surface area contributed by atoms with Crippen molar-refractivity contribution >= 4 is 0 Å². The summed E-state index contributed by atoms with van der Waals surface area (Å²) in [6.07, 6.45) is -12.1. The lowest BCUT2D eigenvalue weighted by Crippen LogP contribution is -2.64. The van der Waals surface area contributed by atoms with Gasteiger partial charge in [-0.3, -0.25) is 0 Å². The maximum Gasteiger partial charge on any atom is 0.187 e. The zero-order chi connectivity index (χ0) is 21.6. The van der Waals surface area contributed by atoms with Crippen LogP contribution < -0.4 is 5.73 Å². The molecule has 0 spiro atoms. The second kappa shape index (κ2) is 11.8. The van der Waals surface area contributed by atoms with Gasteiger partial charge < -0.3 is 60.4 Å². The first-order valence-electron chi connectivity index (χ1n) is 9.75. The van der Waals surface area contributed by atoms with Gasteiger partial charge in [0.05, 0.1) is 13.2 Å². The molecule has 0 radical (unpaired) electrons. The summed E-state index contributed by atoms with van der Waals surface area (Å²) >= 11 is 0. The summed E-state index contributed by atoms with van der Waals surface area (Å²) in [5.41, 5.74) is 5.41. The summed E-state index contributed by atoms with van der Waals surface area (Å²) in [6, 6.07) is 0. The third-order valence-electron chi connectivity index (χ3n) is 5.09. The van der Waals surface area contributed by atoms with Gasteiger partial charge in [0.2, 0.25) is 0 Å². The minimum Gasteiger partial charge on any atom is -0.394 e. The number of hydrogen-bond donors (Lipinski definition) is 8. The molecular weight excluding hydrogens is 394 g/mol. The van der Waals surface area contributed by atoms with E-state index < -0.39 is 74.6 Å². The van der Waals surface area contributed by atoms with E-state index in [0.29, 0.717) is 13.0 Å². The van der Waals surface area contributed by atoms with Crippen LogP contribution in [-0.2, 0) is 18.9 Å². The topological polar surface area (TPSA) is 205 Å². The van der Waals surface area contributed by atoms with Gasteiger partial charge in [0, 0.05) is 6.61 Å². The standard InChI is InChI=1S/C17H33NO11/c18-4-2-1-3-5-26-16-14(25)12(23)15(9(7-20)28-16)29-17-13(24)11(22)10(21)8(6-19)27-17/h8-17,19-25H,1-7,18H2/t8?,9?,10-,11-,12+,13-,14?,15+,16+,17?/m0/s1. The van der Waals surface area contributed by atoms with E-state index in [1.54, 1.807) is 0 Å². The predicted molar refractivity (Wildman–Crippen MR) is 95.3 cm³/mol. The van der Waals surface area contributed by atoms with Crippen LogP contribution in [-0.4, -0.2) is 124 Å². The maximum atomic E-state index is 10.4. The second-order valence-electron chi connectivity index (χ2n) is 7.22. The molecule has 0 amide bonds. The van der Waals surface area contributed by atoms with Crippen LogP contribution in [0, 0.1) is 0 Å². The van der Waals surface area contributed by atoms with Gasteiger partial charge in [0.15, 0.2) is 12.6 Å². The number of aliphatic hydroxyl groups is 7. The van der Waals surface area contributed by atoms with E-state index in [2.05, 4.69) is 0 Å². The largest absolute Gasteiger partial charge is 0.394 e. The first-order chi connectivity index (χ1) is 13.8. The van der Waals surface area contributed by atoms with Crippen LogP contribution in [0.5, 0.6) is 0 Å². The third kappa shape index (κ3) is 6.03. The van der Waals surface area contributed by atoms with Crippen LogP contribution >= 0.6 is 0 Å². The van der Waals surface area contributed by atoms with E-state index in [9.17, 15) is 35.7 Å². The van der Waals surface area contributed by atoms with Crippen molar-refractivity contribution in [1.82, 2.24) is 0 Å². The van der Waals surface area contributed by atoms with E-state index in [1.807, 2.05) is 0 Å². The van der Waals surface area contributed by atoms with Crippen LogP contribution in [0.25, 0.3) is 0 Å². The van der Waals surface area contributed by atoms with Crippen molar-refractivity contribution in [3.63, 3.8) is 0 Å². The van der Waals surface area contributed by atoms with Crippen LogP contribution in [0.1, 0.15) is 19.3 Å². The molecule has 29 heavy (non-hydrogen) atoms. The Hall–Kier alpha value is -0.480. The number of ether oxygens (including phenoxy) is 4. The summed E-state index contributed by atoms with van der Waals surface area (Å²) in [7, 11) is 0. The zero-order valence-electron chi connectivity index (χ0n) is 16.1. The molecule has 172 valence electrons. The monoisotopic (exact) mass is 427 g/mol.